The lowest BCUT2D eigenvalue weighted by Gasteiger charge is -2.20. The second-order valence-corrected chi connectivity index (χ2v) is 8.02. The molecular formula is C22H22FN3O4S. The molecule has 1 aromatic heterocycles. The Labute approximate surface area is 183 Å². The number of nitrogens with one attached hydrogen (secondary N) is 1. The third-order valence-corrected chi connectivity index (χ3v) is 6.35. The maximum absolute atomic E-state index is 13.4. The van der Waals surface area contributed by atoms with Crippen molar-refractivity contribution in [2.75, 3.05) is 32.4 Å². The van der Waals surface area contributed by atoms with Crippen molar-refractivity contribution < 1.29 is 23.4 Å². The molecule has 3 aromatic rings. The zero-order chi connectivity index (χ0) is 22.1. The highest BCUT2D eigenvalue weighted by Crippen LogP contribution is 2.49. The minimum atomic E-state index is -0.341. The molecule has 0 unspecified atom stereocenters. The predicted octanol–water partition coefficient (Wildman–Crippen LogP) is 4.12. The second kappa shape index (κ2) is 8.50. The highest BCUT2D eigenvalue weighted by Gasteiger charge is 2.33. The van der Waals surface area contributed by atoms with Crippen molar-refractivity contribution in [3.63, 3.8) is 0 Å². The molecule has 0 saturated heterocycles. The summed E-state index contributed by atoms with van der Waals surface area (Å²) in [6.07, 6.45) is 0. The minimum Gasteiger partial charge on any atom is -0.496 e. The van der Waals surface area contributed by atoms with Crippen LogP contribution in [0.15, 0.2) is 36.4 Å². The summed E-state index contributed by atoms with van der Waals surface area (Å²) in [4.78, 5) is 12.5. The van der Waals surface area contributed by atoms with Gasteiger partial charge in [-0.25, -0.2) is 9.07 Å². The van der Waals surface area contributed by atoms with Crippen LogP contribution < -0.4 is 19.5 Å². The van der Waals surface area contributed by atoms with Gasteiger partial charge in [-0.15, -0.1) is 11.8 Å². The van der Waals surface area contributed by atoms with E-state index in [2.05, 4.69) is 10.4 Å². The number of fused-ring (bicyclic) bond motifs is 1. The molecule has 1 aliphatic rings. The van der Waals surface area contributed by atoms with Gasteiger partial charge in [0.1, 0.15) is 17.4 Å². The van der Waals surface area contributed by atoms with Gasteiger partial charge in [0.25, 0.3) is 0 Å². The Balaban J connectivity index is 1.91. The van der Waals surface area contributed by atoms with Crippen LogP contribution in [0.3, 0.4) is 0 Å². The molecule has 0 spiro atoms. The molecular weight excluding hydrogens is 421 g/mol. The maximum Gasteiger partial charge on any atom is 0.235 e. The van der Waals surface area contributed by atoms with E-state index in [0.717, 1.165) is 16.8 Å². The van der Waals surface area contributed by atoms with Gasteiger partial charge < -0.3 is 19.5 Å². The van der Waals surface area contributed by atoms with Gasteiger partial charge >= 0.3 is 0 Å². The van der Waals surface area contributed by atoms with Gasteiger partial charge in [-0.2, -0.15) is 5.10 Å². The summed E-state index contributed by atoms with van der Waals surface area (Å²) in [6, 6.07) is 9.61. The number of ether oxygens (including phenoxy) is 3. The molecule has 2 aromatic carbocycles. The molecule has 0 saturated carbocycles. The number of thioether (sulfide) groups is 1. The third kappa shape index (κ3) is 3.81. The summed E-state index contributed by atoms with van der Waals surface area (Å²) >= 11 is 1.47. The lowest BCUT2D eigenvalue weighted by atomic mass is 10.0. The number of aromatic nitrogens is 2. The van der Waals surface area contributed by atoms with E-state index in [-0.39, 0.29) is 22.7 Å². The zero-order valence-corrected chi connectivity index (χ0v) is 18.4. The van der Waals surface area contributed by atoms with E-state index < -0.39 is 0 Å². The van der Waals surface area contributed by atoms with Crippen molar-refractivity contribution in [1.29, 1.82) is 0 Å². The lowest BCUT2D eigenvalue weighted by Crippen LogP contribution is -2.15. The quantitative estimate of drug-likeness (QED) is 0.640. The fourth-order valence-corrected chi connectivity index (χ4v) is 4.86. The molecule has 7 nitrogen and oxygen atoms in total. The van der Waals surface area contributed by atoms with Crippen LogP contribution in [0.4, 0.5) is 10.2 Å². The number of halogens is 1. The number of anilines is 1. The normalized spacial score (nSPS) is 15.6. The molecule has 31 heavy (non-hydrogen) atoms. The molecule has 1 amide bonds. The van der Waals surface area contributed by atoms with Crippen LogP contribution in [0.5, 0.6) is 17.2 Å². The van der Waals surface area contributed by atoms with Crippen molar-refractivity contribution in [2.24, 2.45) is 0 Å². The summed E-state index contributed by atoms with van der Waals surface area (Å²) in [5, 5.41) is 7.36. The Morgan fingerprint density at radius 3 is 2.35 bits per heavy atom. The van der Waals surface area contributed by atoms with Crippen LogP contribution in [0, 0.1) is 12.7 Å². The third-order valence-electron chi connectivity index (χ3n) is 5.10. The standard InChI is InChI=1S/C22H22FN3O4S/c1-12-20-21(15-9-17(29-3)18(30-4)10-16(15)28-2)31-11-19(27)24-22(20)26(25-12)14-7-5-13(23)6-8-14/h5-10,21H,11H2,1-4H3,(H,24,27)/t21-/m0/s1. The summed E-state index contributed by atoms with van der Waals surface area (Å²) < 4.78 is 31.6. The second-order valence-electron chi connectivity index (χ2n) is 6.92. The number of benzene rings is 2. The average Bonchev–Trinajstić information content (AvgIpc) is 2.98. The number of carbonyl (C=O) groups is 1. The number of methoxy groups -OCH3 is 3. The van der Waals surface area contributed by atoms with Gasteiger partial charge in [0.2, 0.25) is 5.91 Å². The molecule has 2 heterocycles. The van der Waals surface area contributed by atoms with Crippen LogP contribution in [0.1, 0.15) is 22.1 Å². The largest absolute Gasteiger partial charge is 0.496 e. The van der Waals surface area contributed by atoms with Crippen molar-refractivity contribution in [2.45, 2.75) is 12.2 Å². The smallest absolute Gasteiger partial charge is 0.235 e. The van der Waals surface area contributed by atoms with Crippen LogP contribution in [0.25, 0.3) is 5.69 Å². The van der Waals surface area contributed by atoms with E-state index in [1.54, 1.807) is 44.2 Å². The Kier molecular flexibility index (Phi) is 5.77. The van der Waals surface area contributed by atoms with Crippen molar-refractivity contribution in [3.05, 3.63) is 59.0 Å². The first-order chi connectivity index (χ1) is 15.0. The first kappa shape index (κ1) is 21.0. The summed E-state index contributed by atoms with van der Waals surface area (Å²) in [5.74, 6) is 2.05. The van der Waals surface area contributed by atoms with Gasteiger partial charge in [0.05, 0.1) is 43.7 Å². The molecule has 0 radical (unpaired) electrons. The Bertz CT molecular complexity index is 1130. The number of amides is 1. The molecule has 1 atom stereocenters. The van der Waals surface area contributed by atoms with E-state index >= 15 is 0 Å². The van der Waals surface area contributed by atoms with E-state index in [0.29, 0.717) is 28.8 Å². The van der Waals surface area contributed by atoms with Gasteiger partial charge in [0.15, 0.2) is 11.5 Å². The molecule has 0 aliphatic carbocycles. The van der Waals surface area contributed by atoms with E-state index in [1.165, 1.54) is 23.9 Å². The predicted molar refractivity (Wildman–Crippen MR) is 117 cm³/mol. The van der Waals surface area contributed by atoms with Crippen LogP contribution in [0.2, 0.25) is 0 Å². The lowest BCUT2D eigenvalue weighted by molar-refractivity contribution is -0.113. The van der Waals surface area contributed by atoms with Gasteiger partial charge in [0, 0.05) is 17.2 Å². The molecule has 1 aliphatic heterocycles. The molecule has 0 fully saturated rings. The first-order valence-electron chi connectivity index (χ1n) is 9.53. The average molecular weight is 444 g/mol. The molecule has 162 valence electrons. The Hall–Kier alpha value is -3.20. The van der Waals surface area contributed by atoms with E-state index in [4.69, 9.17) is 14.2 Å². The van der Waals surface area contributed by atoms with Crippen molar-refractivity contribution in [3.8, 4) is 22.9 Å². The molecule has 1 N–H and O–H groups in total. The monoisotopic (exact) mass is 443 g/mol. The first-order valence-corrected chi connectivity index (χ1v) is 10.6. The Morgan fingerprint density at radius 2 is 1.71 bits per heavy atom. The number of rotatable bonds is 5. The van der Waals surface area contributed by atoms with Gasteiger partial charge in [-0.3, -0.25) is 4.79 Å². The van der Waals surface area contributed by atoms with Crippen LogP contribution >= 0.6 is 11.8 Å². The summed E-state index contributed by atoms with van der Waals surface area (Å²) in [7, 11) is 4.73. The van der Waals surface area contributed by atoms with Crippen molar-refractivity contribution in [1.82, 2.24) is 9.78 Å². The van der Waals surface area contributed by atoms with Crippen LogP contribution in [-0.2, 0) is 4.79 Å². The highest BCUT2D eigenvalue weighted by molar-refractivity contribution is 8.00. The maximum atomic E-state index is 13.4. The van der Waals surface area contributed by atoms with E-state index in [9.17, 15) is 9.18 Å². The molecule has 9 heteroatoms. The number of hydrogen-bond donors (Lipinski definition) is 1. The zero-order valence-electron chi connectivity index (χ0n) is 17.6. The van der Waals surface area contributed by atoms with Crippen LogP contribution in [-0.4, -0.2) is 42.8 Å². The SMILES string of the molecule is COc1cc(OC)c([C@@H]2SCC(=O)Nc3c2c(C)nn3-c2ccc(F)cc2)cc1OC. The topological polar surface area (TPSA) is 74.6 Å². The molecule has 4 rings (SSSR count). The Morgan fingerprint density at radius 1 is 1.06 bits per heavy atom. The number of aryl methyl sites for hydroxylation is 1. The number of hydrogen-bond acceptors (Lipinski definition) is 6. The highest BCUT2D eigenvalue weighted by atomic mass is 32.2. The molecule has 0 bridgehead atoms. The fraction of sp³-hybridized carbons (Fsp3) is 0.273. The number of carbonyl (C=O) groups excluding carboxylic acids is 1. The van der Waals surface area contributed by atoms with Crippen molar-refractivity contribution >= 4 is 23.5 Å². The van der Waals surface area contributed by atoms with Gasteiger partial charge in [-0.1, -0.05) is 0 Å². The van der Waals surface area contributed by atoms with E-state index in [1.807, 2.05) is 13.0 Å². The summed E-state index contributed by atoms with van der Waals surface area (Å²) in [6.45, 7) is 1.89. The number of nitrogens with zero attached hydrogens (tertiary/aromatic N) is 2. The minimum absolute atomic E-state index is 0.142. The summed E-state index contributed by atoms with van der Waals surface area (Å²) in [5.41, 5.74) is 3.09. The van der Waals surface area contributed by atoms with Gasteiger partial charge in [-0.05, 0) is 37.3 Å². The fourth-order valence-electron chi connectivity index (χ4n) is 3.66.